The lowest BCUT2D eigenvalue weighted by atomic mass is 9.99. The second kappa shape index (κ2) is 9.05. The summed E-state index contributed by atoms with van der Waals surface area (Å²) in [4.78, 5) is 21.9. The van der Waals surface area contributed by atoms with E-state index in [0.717, 1.165) is 33.5 Å². The second-order valence-electron chi connectivity index (χ2n) is 7.14. The number of ether oxygens (including phenoxy) is 1. The van der Waals surface area contributed by atoms with Crippen molar-refractivity contribution in [2.45, 2.75) is 26.2 Å². The van der Waals surface area contributed by atoms with Crippen molar-refractivity contribution in [1.82, 2.24) is 9.97 Å². The van der Waals surface area contributed by atoms with Crippen LogP contribution in [-0.4, -0.2) is 22.5 Å². The zero-order chi connectivity index (χ0) is 20.9. The van der Waals surface area contributed by atoms with Crippen LogP contribution in [0.15, 0.2) is 66.3 Å². The number of nitrogens with one attached hydrogen (secondary N) is 1. The number of hydrogen-bond donors (Lipinski definition) is 1. The standard InChI is InChI=1S/C24H23N3O2S/c1-3-16(2)17-9-11-19(12-10-17)27-21(28)13-29-23-22-20(18-7-5-4-6-8-18)14-30-24(22)26-15-25-23/h4-12,14-16H,3,13H2,1-2H3,(H,27,28). The van der Waals surface area contributed by atoms with E-state index in [9.17, 15) is 4.79 Å². The van der Waals surface area contributed by atoms with Crippen LogP contribution in [0.5, 0.6) is 5.88 Å². The Kier molecular flexibility index (Phi) is 6.05. The first-order valence-electron chi connectivity index (χ1n) is 9.96. The Labute approximate surface area is 179 Å². The van der Waals surface area contributed by atoms with Gasteiger partial charge in [0.2, 0.25) is 5.88 Å². The van der Waals surface area contributed by atoms with Gasteiger partial charge >= 0.3 is 0 Å². The number of fused-ring (bicyclic) bond motifs is 1. The van der Waals surface area contributed by atoms with Crippen molar-refractivity contribution in [1.29, 1.82) is 0 Å². The molecule has 0 radical (unpaired) electrons. The Morgan fingerprint density at radius 1 is 1.10 bits per heavy atom. The van der Waals surface area contributed by atoms with Crippen molar-refractivity contribution in [3.8, 4) is 17.0 Å². The minimum atomic E-state index is -0.227. The van der Waals surface area contributed by atoms with E-state index >= 15 is 0 Å². The van der Waals surface area contributed by atoms with Gasteiger partial charge < -0.3 is 10.1 Å². The number of benzene rings is 2. The third-order valence-electron chi connectivity index (χ3n) is 5.14. The van der Waals surface area contributed by atoms with Crippen LogP contribution < -0.4 is 10.1 Å². The number of carbonyl (C=O) groups excluding carboxylic acids is 1. The van der Waals surface area contributed by atoms with Crippen LogP contribution >= 0.6 is 11.3 Å². The van der Waals surface area contributed by atoms with Crippen LogP contribution in [0.4, 0.5) is 5.69 Å². The minimum absolute atomic E-state index is 0.122. The summed E-state index contributed by atoms with van der Waals surface area (Å²) < 4.78 is 5.80. The molecule has 4 rings (SSSR count). The second-order valence-corrected chi connectivity index (χ2v) is 8.00. The summed E-state index contributed by atoms with van der Waals surface area (Å²) in [6.07, 6.45) is 2.55. The van der Waals surface area contributed by atoms with Crippen LogP contribution in [0.2, 0.25) is 0 Å². The van der Waals surface area contributed by atoms with Crippen molar-refractivity contribution in [3.63, 3.8) is 0 Å². The minimum Gasteiger partial charge on any atom is -0.467 e. The summed E-state index contributed by atoms with van der Waals surface area (Å²) in [6, 6.07) is 18.0. The van der Waals surface area contributed by atoms with Gasteiger partial charge in [-0.3, -0.25) is 4.79 Å². The van der Waals surface area contributed by atoms with E-state index in [2.05, 4.69) is 41.3 Å². The van der Waals surface area contributed by atoms with Gasteiger partial charge in [0.15, 0.2) is 6.61 Å². The van der Waals surface area contributed by atoms with Crippen molar-refractivity contribution in [2.24, 2.45) is 0 Å². The quantitative estimate of drug-likeness (QED) is 0.407. The molecule has 0 aliphatic carbocycles. The molecular formula is C24H23N3O2S. The molecule has 2 aromatic carbocycles. The number of carbonyl (C=O) groups is 1. The first-order valence-corrected chi connectivity index (χ1v) is 10.8. The SMILES string of the molecule is CCC(C)c1ccc(NC(=O)COc2ncnc3scc(-c4ccccc4)c23)cc1. The number of rotatable bonds is 7. The third-order valence-corrected chi connectivity index (χ3v) is 6.02. The lowest BCUT2D eigenvalue weighted by Gasteiger charge is -2.11. The zero-order valence-electron chi connectivity index (χ0n) is 17.0. The highest BCUT2D eigenvalue weighted by Gasteiger charge is 2.15. The molecule has 152 valence electrons. The van der Waals surface area contributed by atoms with Gasteiger partial charge in [-0.15, -0.1) is 11.3 Å². The lowest BCUT2D eigenvalue weighted by Crippen LogP contribution is -2.20. The van der Waals surface area contributed by atoms with Gasteiger partial charge in [0.1, 0.15) is 11.2 Å². The van der Waals surface area contributed by atoms with Crippen molar-refractivity contribution >= 4 is 33.1 Å². The summed E-state index contributed by atoms with van der Waals surface area (Å²) in [7, 11) is 0. The van der Waals surface area contributed by atoms with E-state index in [1.165, 1.54) is 23.2 Å². The molecule has 1 N–H and O–H groups in total. The predicted molar refractivity (Wildman–Crippen MR) is 122 cm³/mol. The van der Waals surface area contributed by atoms with E-state index in [1.807, 2.05) is 47.8 Å². The van der Waals surface area contributed by atoms with Gasteiger partial charge in [0.05, 0.1) is 5.39 Å². The molecule has 2 aromatic heterocycles. The lowest BCUT2D eigenvalue weighted by molar-refractivity contribution is -0.118. The van der Waals surface area contributed by atoms with E-state index in [1.54, 1.807) is 0 Å². The Bertz CT molecular complexity index is 1140. The number of thiophene rings is 1. The average molecular weight is 418 g/mol. The van der Waals surface area contributed by atoms with Crippen LogP contribution in [0, 0.1) is 0 Å². The molecule has 0 bridgehead atoms. The van der Waals surface area contributed by atoms with Crippen molar-refractivity contribution in [2.75, 3.05) is 11.9 Å². The van der Waals surface area contributed by atoms with Gasteiger partial charge in [-0.25, -0.2) is 9.97 Å². The summed E-state index contributed by atoms with van der Waals surface area (Å²) >= 11 is 1.53. The van der Waals surface area contributed by atoms with Gasteiger partial charge in [0, 0.05) is 16.6 Å². The topological polar surface area (TPSA) is 64.1 Å². The molecule has 1 atom stereocenters. The largest absolute Gasteiger partial charge is 0.467 e. The summed E-state index contributed by atoms with van der Waals surface area (Å²) in [5, 5.41) is 5.75. The predicted octanol–water partition coefficient (Wildman–Crippen LogP) is 5.89. The summed E-state index contributed by atoms with van der Waals surface area (Å²) in [5.74, 6) is 0.694. The first-order chi connectivity index (χ1) is 14.7. The third kappa shape index (κ3) is 4.33. The molecule has 0 saturated heterocycles. The molecular weight excluding hydrogens is 394 g/mol. The molecule has 0 aliphatic rings. The smallest absolute Gasteiger partial charge is 0.262 e. The van der Waals surface area contributed by atoms with Crippen LogP contribution in [0.25, 0.3) is 21.3 Å². The molecule has 2 heterocycles. The number of anilines is 1. The van der Waals surface area contributed by atoms with Crippen LogP contribution in [0.3, 0.4) is 0 Å². The zero-order valence-corrected chi connectivity index (χ0v) is 17.8. The maximum atomic E-state index is 12.4. The fourth-order valence-electron chi connectivity index (χ4n) is 3.25. The number of hydrogen-bond acceptors (Lipinski definition) is 5. The van der Waals surface area contributed by atoms with Gasteiger partial charge in [0.25, 0.3) is 5.91 Å². The van der Waals surface area contributed by atoms with E-state index in [0.29, 0.717) is 11.8 Å². The van der Waals surface area contributed by atoms with Gasteiger partial charge in [-0.1, -0.05) is 56.3 Å². The van der Waals surface area contributed by atoms with Crippen LogP contribution in [0.1, 0.15) is 31.7 Å². The Balaban J connectivity index is 1.47. The Hall–Kier alpha value is -3.25. The fourth-order valence-corrected chi connectivity index (χ4v) is 4.16. The van der Waals surface area contributed by atoms with Crippen molar-refractivity contribution < 1.29 is 9.53 Å². The maximum Gasteiger partial charge on any atom is 0.262 e. The maximum absolute atomic E-state index is 12.4. The van der Waals surface area contributed by atoms with Gasteiger partial charge in [-0.2, -0.15) is 0 Å². The van der Waals surface area contributed by atoms with Crippen molar-refractivity contribution in [3.05, 3.63) is 71.9 Å². The summed E-state index contributed by atoms with van der Waals surface area (Å²) in [6.45, 7) is 4.24. The molecule has 0 aliphatic heterocycles. The molecule has 1 amide bonds. The monoisotopic (exact) mass is 417 g/mol. The Morgan fingerprint density at radius 2 is 1.87 bits per heavy atom. The molecule has 0 saturated carbocycles. The summed E-state index contributed by atoms with van der Waals surface area (Å²) in [5.41, 5.74) is 4.09. The average Bonchev–Trinajstić information content (AvgIpc) is 3.23. The number of aromatic nitrogens is 2. The molecule has 4 aromatic rings. The van der Waals surface area contributed by atoms with Gasteiger partial charge in [-0.05, 0) is 35.6 Å². The molecule has 5 nitrogen and oxygen atoms in total. The molecule has 1 unspecified atom stereocenters. The molecule has 6 heteroatoms. The number of amides is 1. The molecule has 0 fully saturated rings. The highest BCUT2D eigenvalue weighted by atomic mass is 32.1. The Morgan fingerprint density at radius 3 is 2.60 bits per heavy atom. The molecule has 30 heavy (non-hydrogen) atoms. The van der Waals surface area contributed by atoms with E-state index in [4.69, 9.17) is 4.74 Å². The fraction of sp³-hybridized carbons (Fsp3) is 0.208. The van der Waals surface area contributed by atoms with E-state index in [-0.39, 0.29) is 12.5 Å². The highest BCUT2D eigenvalue weighted by molar-refractivity contribution is 7.17. The number of nitrogens with zero attached hydrogens (tertiary/aromatic N) is 2. The van der Waals surface area contributed by atoms with E-state index < -0.39 is 0 Å². The normalized spacial score (nSPS) is 11.9. The van der Waals surface area contributed by atoms with Crippen LogP contribution in [-0.2, 0) is 4.79 Å². The first kappa shape index (κ1) is 20.0. The molecule has 0 spiro atoms. The highest BCUT2D eigenvalue weighted by Crippen LogP contribution is 2.37.